The maximum atomic E-state index is 12.2. The first-order valence-electron chi connectivity index (χ1n) is 7.23. The van der Waals surface area contributed by atoms with Crippen molar-refractivity contribution < 1.29 is 14.6 Å². The normalized spacial score (nSPS) is 21.3. The van der Waals surface area contributed by atoms with E-state index in [9.17, 15) is 4.79 Å². The van der Waals surface area contributed by atoms with Gasteiger partial charge < -0.3 is 25.8 Å². The van der Waals surface area contributed by atoms with E-state index in [1.54, 1.807) is 0 Å². The highest BCUT2D eigenvalue weighted by atomic mass is 16.5. The molecule has 21 heavy (non-hydrogen) atoms. The van der Waals surface area contributed by atoms with Crippen LogP contribution in [0.3, 0.4) is 0 Å². The van der Waals surface area contributed by atoms with Gasteiger partial charge in [-0.2, -0.15) is 0 Å². The van der Waals surface area contributed by atoms with Crippen LogP contribution in [0.5, 0.6) is 0 Å². The highest BCUT2D eigenvalue weighted by Gasteiger charge is 2.38. The van der Waals surface area contributed by atoms with Gasteiger partial charge in [-0.15, -0.1) is 0 Å². The molecule has 6 heteroatoms. The summed E-state index contributed by atoms with van der Waals surface area (Å²) in [7, 11) is 0. The number of hydrogen-bond donors (Lipinski definition) is 3. The third-order valence-corrected chi connectivity index (χ3v) is 3.75. The highest BCUT2D eigenvalue weighted by molar-refractivity contribution is 5.98. The van der Waals surface area contributed by atoms with Crippen LogP contribution in [0.15, 0.2) is 24.3 Å². The summed E-state index contributed by atoms with van der Waals surface area (Å²) in [5.41, 5.74) is 6.81. The van der Waals surface area contributed by atoms with Gasteiger partial charge in [0, 0.05) is 31.1 Å². The Balaban J connectivity index is 2.00. The third-order valence-electron chi connectivity index (χ3n) is 3.75. The number of carbonyl (C=O) groups excluding carboxylic acids is 1. The summed E-state index contributed by atoms with van der Waals surface area (Å²) in [6, 6.07) is 7.52. The summed E-state index contributed by atoms with van der Waals surface area (Å²) in [6.07, 6.45) is 0.539. The number of nitrogens with zero attached hydrogens (tertiary/aromatic N) is 1. The van der Waals surface area contributed by atoms with Crippen LogP contribution in [-0.2, 0) is 9.53 Å². The first-order chi connectivity index (χ1) is 10.1. The molecule has 1 heterocycles. The van der Waals surface area contributed by atoms with Crippen molar-refractivity contribution in [3.8, 4) is 0 Å². The molecule has 0 spiro atoms. The predicted octanol–water partition coefficient (Wildman–Crippen LogP) is 0.561. The molecule has 1 aromatic carbocycles. The number of benzene rings is 1. The van der Waals surface area contributed by atoms with Gasteiger partial charge in [-0.1, -0.05) is 0 Å². The van der Waals surface area contributed by atoms with Gasteiger partial charge in [-0.3, -0.25) is 4.79 Å². The average Bonchev–Trinajstić information content (AvgIpc) is 2.94. The lowest BCUT2D eigenvalue weighted by atomic mass is 9.99. The van der Waals surface area contributed by atoms with Crippen molar-refractivity contribution >= 4 is 17.3 Å². The van der Waals surface area contributed by atoms with Crippen molar-refractivity contribution in [3.63, 3.8) is 0 Å². The summed E-state index contributed by atoms with van der Waals surface area (Å²) < 4.78 is 5.19. The van der Waals surface area contributed by atoms with E-state index in [1.807, 2.05) is 31.2 Å². The smallest absolute Gasteiger partial charge is 0.246 e. The Bertz CT molecular complexity index is 470. The zero-order valence-corrected chi connectivity index (χ0v) is 12.3. The molecule has 1 unspecified atom stereocenters. The first-order valence-corrected chi connectivity index (χ1v) is 7.23. The van der Waals surface area contributed by atoms with Gasteiger partial charge in [0.2, 0.25) is 5.91 Å². The zero-order chi connectivity index (χ0) is 15.3. The van der Waals surface area contributed by atoms with E-state index in [0.717, 1.165) is 12.2 Å². The van der Waals surface area contributed by atoms with E-state index in [1.165, 1.54) is 0 Å². The summed E-state index contributed by atoms with van der Waals surface area (Å²) >= 11 is 0. The lowest BCUT2D eigenvalue weighted by molar-refractivity contribution is -0.121. The third kappa shape index (κ3) is 3.72. The van der Waals surface area contributed by atoms with Crippen LogP contribution in [0.4, 0.5) is 11.4 Å². The second-order valence-electron chi connectivity index (χ2n) is 5.26. The molecule has 1 aliphatic rings. The fourth-order valence-corrected chi connectivity index (χ4v) is 2.36. The fourth-order valence-electron chi connectivity index (χ4n) is 2.36. The number of hydrogen-bond acceptors (Lipinski definition) is 5. The van der Waals surface area contributed by atoms with Crippen molar-refractivity contribution in [2.24, 2.45) is 5.73 Å². The quantitative estimate of drug-likeness (QED) is 0.713. The van der Waals surface area contributed by atoms with Crippen LogP contribution in [0.2, 0.25) is 0 Å². The molecule has 1 aromatic rings. The number of anilines is 2. The number of nitrogens with one attached hydrogen (secondary N) is 1. The number of aliphatic hydroxyl groups excluding tert-OH is 1. The number of nitrogens with two attached hydrogens (primary N) is 1. The van der Waals surface area contributed by atoms with Crippen LogP contribution in [0.1, 0.15) is 13.3 Å². The van der Waals surface area contributed by atoms with E-state index in [0.29, 0.717) is 25.3 Å². The molecular weight excluding hydrogens is 270 g/mol. The van der Waals surface area contributed by atoms with E-state index in [2.05, 4.69) is 10.2 Å². The summed E-state index contributed by atoms with van der Waals surface area (Å²) in [4.78, 5) is 14.2. The van der Waals surface area contributed by atoms with Gasteiger partial charge in [0.05, 0.1) is 13.2 Å². The lowest BCUT2D eigenvalue weighted by Gasteiger charge is -2.23. The Hall–Kier alpha value is -1.63. The van der Waals surface area contributed by atoms with Crippen molar-refractivity contribution in [2.45, 2.75) is 18.9 Å². The molecule has 2 rings (SSSR count). The summed E-state index contributed by atoms with van der Waals surface area (Å²) in [5, 5.41) is 11.9. The SMILES string of the molecule is CCN(CCO)c1ccc(NC(=O)C2(N)CCOC2)cc1. The number of ether oxygens (including phenoxy) is 1. The Morgan fingerprint density at radius 1 is 1.48 bits per heavy atom. The van der Waals surface area contributed by atoms with Crippen LogP contribution < -0.4 is 16.0 Å². The van der Waals surface area contributed by atoms with Gasteiger partial charge in [0.15, 0.2) is 0 Å². The van der Waals surface area contributed by atoms with Crippen molar-refractivity contribution in [3.05, 3.63) is 24.3 Å². The maximum absolute atomic E-state index is 12.2. The molecule has 6 nitrogen and oxygen atoms in total. The Morgan fingerprint density at radius 2 is 2.19 bits per heavy atom. The minimum atomic E-state index is -0.926. The van der Waals surface area contributed by atoms with Crippen molar-refractivity contribution in [2.75, 3.05) is 43.1 Å². The Morgan fingerprint density at radius 3 is 2.71 bits per heavy atom. The van der Waals surface area contributed by atoms with Crippen LogP contribution >= 0.6 is 0 Å². The molecule has 116 valence electrons. The number of likely N-dealkylation sites (N-methyl/N-ethyl adjacent to an activating group) is 1. The van der Waals surface area contributed by atoms with Crippen molar-refractivity contribution in [1.29, 1.82) is 0 Å². The highest BCUT2D eigenvalue weighted by Crippen LogP contribution is 2.21. The second kappa shape index (κ2) is 6.89. The van der Waals surface area contributed by atoms with E-state index < -0.39 is 5.54 Å². The summed E-state index contributed by atoms with van der Waals surface area (Å²) in [5.74, 6) is -0.213. The van der Waals surface area contributed by atoms with Gasteiger partial charge in [-0.05, 0) is 37.6 Å². The van der Waals surface area contributed by atoms with E-state index in [4.69, 9.17) is 15.6 Å². The molecule has 1 aliphatic heterocycles. The molecule has 0 bridgehead atoms. The lowest BCUT2D eigenvalue weighted by Crippen LogP contribution is -2.51. The van der Waals surface area contributed by atoms with E-state index in [-0.39, 0.29) is 19.1 Å². The van der Waals surface area contributed by atoms with E-state index >= 15 is 0 Å². The second-order valence-corrected chi connectivity index (χ2v) is 5.26. The number of amides is 1. The molecule has 1 fully saturated rings. The van der Waals surface area contributed by atoms with Crippen molar-refractivity contribution in [1.82, 2.24) is 0 Å². The van der Waals surface area contributed by atoms with Gasteiger partial charge in [-0.25, -0.2) is 0 Å². The Kier molecular flexibility index (Phi) is 5.17. The minimum absolute atomic E-state index is 0.113. The molecule has 0 aliphatic carbocycles. The van der Waals surface area contributed by atoms with Gasteiger partial charge in [0.25, 0.3) is 0 Å². The molecule has 1 amide bonds. The average molecular weight is 293 g/mol. The number of rotatable bonds is 6. The molecule has 0 saturated carbocycles. The predicted molar refractivity (Wildman–Crippen MR) is 82.4 cm³/mol. The topological polar surface area (TPSA) is 87.8 Å². The molecule has 0 radical (unpaired) electrons. The molecular formula is C15H23N3O3. The molecule has 0 aromatic heterocycles. The zero-order valence-electron chi connectivity index (χ0n) is 12.3. The van der Waals surface area contributed by atoms with Crippen LogP contribution in [0, 0.1) is 0 Å². The molecule has 4 N–H and O–H groups in total. The van der Waals surface area contributed by atoms with Crippen LogP contribution in [-0.4, -0.2) is 49.5 Å². The molecule has 1 saturated heterocycles. The number of aliphatic hydroxyl groups is 1. The Labute approximate surface area is 124 Å². The fraction of sp³-hybridized carbons (Fsp3) is 0.533. The summed E-state index contributed by atoms with van der Waals surface area (Å²) in [6.45, 7) is 4.33. The standard InChI is InChI=1S/C15H23N3O3/c1-2-18(8-9-19)13-5-3-12(4-6-13)17-14(20)15(16)7-10-21-11-15/h3-6,19H,2,7-11,16H2,1H3,(H,17,20). The first kappa shape index (κ1) is 15.8. The monoisotopic (exact) mass is 293 g/mol. The largest absolute Gasteiger partial charge is 0.395 e. The van der Waals surface area contributed by atoms with Gasteiger partial charge in [0.1, 0.15) is 5.54 Å². The minimum Gasteiger partial charge on any atom is -0.395 e. The maximum Gasteiger partial charge on any atom is 0.246 e. The van der Waals surface area contributed by atoms with Gasteiger partial charge >= 0.3 is 0 Å². The molecule has 1 atom stereocenters. The number of carbonyl (C=O) groups is 1. The van der Waals surface area contributed by atoms with Crippen LogP contribution in [0.25, 0.3) is 0 Å².